The van der Waals surface area contributed by atoms with Gasteiger partial charge in [-0.15, -0.1) is 6.58 Å². The summed E-state index contributed by atoms with van der Waals surface area (Å²) >= 11 is 0. The second-order valence-electron chi connectivity index (χ2n) is 2.63. The van der Waals surface area contributed by atoms with Gasteiger partial charge in [-0.25, -0.2) is 0 Å². The van der Waals surface area contributed by atoms with Crippen LogP contribution in [0.3, 0.4) is 0 Å². The van der Waals surface area contributed by atoms with Gasteiger partial charge in [-0.2, -0.15) is 0 Å². The third kappa shape index (κ3) is 1.32. The van der Waals surface area contributed by atoms with Crippen LogP contribution in [-0.2, 0) is 0 Å². The molecule has 0 heterocycles. The molecular formula is C8H12O2. The van der Waals surface area contributed by atoms with Gasteiger partial charge in [0.25, 0.3) is 0 Å². The molecular weight excluding hydrogens is 128 g/mol. The van der Waals surface area contributed by atoms with Crippen molar-refractivity contribution in [2.45, 2.75) is 19.3 Å². The normalized spacial score (nSPS) is 26.6. The molecule has 56 valence electrons. The molecule has 1 aliphatic carbocycles. The second-order valence-corrected chi connectivity index (χ2v) is 2.63. The molecule has 0 saturated heterocycles. The Morgan fingerprint density at radius 2 is 2.10 bits per heavy atom. The van der Waals surface area contributed by atoms with Crippen LogP contribution in [0.5, 0.6) is 0 Å². The third-order valence-corrected chi connectivity index (χ3v) is 1.87. The van der Waals surface area contributed by atoms with Gasteiger partial charge in [0.05, 0.1) is 0 Å². The molecule has 0 amide bonds. The molecule has 1 aliphatic rings. The van der Waals surface area contributed by atoms with Crippen molar-refractivity contribution in [2.24, 2.45) is 5.92 Å². The minimum atomic E-state index is 0.135. The molecule has 2 nitrogen and oxygen atoms in total. The van der Waals surface area contributed by atoms with E-state index in [-0.39, 0.29) is 11.5 Å². The zero-order valence-electron chi connectivity index (χ0n) is 5.88. The van der Waals surface area contributed by atoms with Crippen molar-refractivity contribution in [3.8, 4) is 0 Å². The van der Waals surface area contributed by atoms with Gasteiger partial charge in [-0.1, -0.05) is 6.08 Å². The summed E-state index contributed by atoms with van der Waals surface area (Å²) < 4.78 is 0. The van der Waals surface area contributed by atoms with E-state index in [1.165, 1.54) is 0 Å². The molecule has 0 aromatic rings. The first kappa shape index (κ1) is 7.19. The minimum Gasteiger partial charge on any atom is -0.509 e. The summed E-state index contributed by atoms with van der Waals surface area (Å²) in [6, 6.07) is 0. The number of aliphatic hydroxyl groups is 2. The highest BCUT2D eigenvalue weighted by Crippen LogP contribution is 2.26. The van der Waals surface area contributed by atoms with Gasteiger partial charge in [0.2, 0.25) is 0 Å². The van der Waals surface area contributed by atoms with Gasteiger partial charge < -0.3 is 10.2 Å². The van der Waals surface area contributed by atoms with Crippen LogP contribution >= 0.6 is 0 Å². The van der Waals surface area contributed by atoms with Crippen LogP contribution in [0.15, 0.2) is 24.2 Å². The molecule has 0 aromatic heterocycles. The van der Waals surface area contributed by atoms with Crippen molar-refractivity contribution in [1.29, 1.82) is 0 Å². The van der Waals surface area contributed by atoms with Crippen molar-refractivity contribution in [3.05, 3.63) is 24.2 Å². The first-order chi connectivity index (χ1) is 4.74. The first-order valence-electron chi connectivity index (χ1n) is 3.46. The Morgan fingerprint density at radius 1 is 1.40 bits per heavy atom. The van der Waals surface area contributed by atoms with Crippen LogP contribution in [0.25, 0.3) is 0 Å². The summed E-state index contributed by atoms with van der Waals surface area (Å²) in [6.45, 7) is 3.63. The van der Waals surface area contributed by atoms with Crippen LogP contribution in [-0.4, -0.2) is 10.2 Å². The average Bonchev–Trinajstić information content (AvgIpc) is 1.95. The number of hydrogen-bond acceptors (Lipinski definition) is 2. The Hall–Kier alpha value is -0.920. The van der Waals surface area contributed by atoms with Crippen LogP contribution in [0.4, 0.5) is 0 Å². The van der Waals surface area contributed by atoms with Crippen LogP contribution in [0.2, 0.25) is 0 Å². The largest absolute Gasteiger partial charge is 0.509 e. The molecule has 0 aromatic carbocycles. The maximum absolute atomic E-state index is 9.06. The molecule has 0 bridgehead atoms. The summed E-state index contributed by atoms with van der Waals surface area (Å²) in [5, 5.41) is 18.0. The van der Waals surface area contributed by atoms with E-state index in [2.05, 4.69) is 6.58 Å². The summed E-state index contributed by atoms with van der Waals surface area (Å²) in [5.74, 6) is 0.630. The molecule has 0 aliphatic heterocycles. The topological polar surface area (TPSA) is 40.5 Å². The lowest BCUT2D eigenvalue weighted by atomic mass is 9.92. The Kier molecular flexibility index (Phi) is 2.00. The maximum Gasteiger partial charge on any atom is 0.130 e. The highest BCUT2D eigenvalue weighted by molar-refractivity contribution is 5.06. The first-order valence-corrected chi connectivity index (χ1v) is 3.46. The lowest BCUT2D eigenvalue weighted by molar-refractivity contribution is 0.258. The van der Waals surface area contributed by atoms with E-state index in [0.717, 1.165) is 6.42 Å². The van der Waals surface area contributed by atoms with Crippen LogP contribution < -0.4 is 0 Å². The molecule has 1 rings (SSSR count). The van der Waals surface area contributed by atoms with Gasteiger partial charge >= 0.3 is 0 Å². The van der Waals surface area contributed by atoms with E-state index in [4.69, 9.17) is 10.2 Å². The predicted molar refractivity (Wildman–Crippen MR) is 39.8 cm³/mol. The Balaban J connectivity index is 2.62. The zero-order valence-corrected chi connectivity index (χ0v) is 5.88. The number of hydrogen-bond donors (Lipinski definition) is 2. The minimum absolute atomic E-state index is 0.135. The van der Waals surface area contributed by atoms with Gasteiger partial charge in [0.15, 0.2) is 0 Å². The Bertz CT molecular complexity index is 170. The summed E-state index contributed by atoms with van der Waals surface area (Å²) in [7, 11) is 0. The van der Waals surface area contributed by atoms with E-state index in [9.17, 15) is 0 Å². The maximum atomic E-state index is 9.06. The molecule has 0 spiro atoms. The number of rotatable bonds is 1. The van der Waals surface area contributed by atoms with Crippen molar-refractivity contribution >= 4 is 0 Å². The van der Waals surface area contributed by atoms with Gasteiger partial charge in [-0.05, 0) is 12.3 Å². The fourth-order valence-corrected chi connectivity index (χ4v) is 1.14. The zero-order chi connectivity index (χ0) is 7.56. The third-order valence-electron chi connectivity index (χ3n) is 1.87. The number of allylic oxidation sites excluding steroid dienone is 3. The van der Waals surface area contributed by atoms with E-state index in [1.54, 1.807) is 0 Å². The van der Waals surface area contributed by atoms with Crippen molar-refractivity contribution in [3.63, 3.8) is 0 Å². The van der Waals surface area contributed by atoms with Gasteiger partial charge in [0.1, 0.15) is 11.5 Å². The molecule has 0 saturated carbocycles. The van der Waals surface area contributed by atoms with Crippen molar-refractivity contribution in [2.75, 3.05) is 0 Å². The lowest BCUT2D eigenvalue weighted by Crippen LogP contribution is -2.07. The lowest BCUT2D eigenvalue weighted by Gasteiger charge is -2.17. The SMILES string of the molecule is C=CC1CCC(O)=C(O)C1. The predicted octanol–water partition coefficient (Wildman–Crippen LogP) is 2.30. The van der Waals surface area contributed by atoms with Crippen LogP contribution in [0, 0.1) is 5.92 Å². The summed E-state index contributed by atoms with van der Waals surface area (Å²) in [4.78, 5) is 0. The molecule has 10 heavy (non-hydrogen) atoms. The van der Waals surface area contributed by atoms with Crippen LogP contribution in [0.1, 0.15) is 19.3 Å². The fraction of sp³-hybridized carbons (Fsp3) is 0.500. The molecule has 1 atom stereocenters. The van der Waals surface area contributed by atoms with Gasteiger partial charge in [0, 0.05) is 12.8 Å². The van der Waals surface area contributed by atoms with E-state index in [1.807, 2.05) is 6.08 Å². The summed E-state index contributed by atoms with van der Waals surface area (Å²) in [6.07, 6.45) is 3.86. The standard InChI is InChI=1S/C8H12O2/c1-2-6-3-4-7(9)8(10)5-6/h2,6,9-10H,1,3-5H2. The molecule has 2 N–H and O–H groups in total. The van der Waals surface area contributed by atoms with E-state index >= 15 is 0 Å². The molecule has 0 radical (unpaired) electrons. The molecule has 0 fully saturated rings. The fourth-order valence-electron chi connectivity index (χ4n) is 1.14. The van der Waals surface area contributed by atoms with Gasteiger partial charge in [-0.3, -0.25) is 0 Å². The Morgan fingerprint density at radius 3 is 2.60 bits per heavy atom. The quantitative estimate of drug-likeness (QED) is 0.548. The Labute approximate surface area is 60.5 Å². The molecule has 1 unspecified atom stereocenters. The monoisotopic (exact) mass is 140 g/mol. The second kappa shape index (κ2) is 2.78. The highest BCUT2D eigenvalue weighted by Gasteiger charge is 2.17. The van der Waals surface area contributed by atoms with E-state index < -0.39 is 0 Å². The molecule has 2 heteroatoms. The van der Waals surface area contributed by atoms with E-state index in [0.29, 0.717) is 18.8 Å². The number of aliphatic hydroxyl groups excluding tert-OH is 2. The van der Waals surface area contributed by atoms with Crippen molar-refractivity contribution < 1.29 is 10.2 Å². The smallest absolute Gasteiger partial charge is 0.130 e. The summed E-state index contributed by atoms with van der Waals surface area (Å²) in [5.41, 5.74) is 0. The van der Waals surface area contributed by atoms with Crippen molar-refractivity contribution in [1.82, 2.24) is 0 Å². The average molecular weight is 140 g/mol. The highest BCUT2D eigenvalue weighted by atomic mass is 16.3.